The van der Waals surface area contributed by atoms with E-state index in [1.807, 2.05) is 13.8 Å². The van der Waals surface area contributed by atoms with Crippen molar-refractivity contribution in [3.8, 4) is 0 Å². The van der Waals surface area contributed by atoms with Crippen molar-refractivity contribution in [2.24, 2.45) is 0 Å². The van der Waals surface area contributed by atoms with Crippen LogP contribution in [0.3, 0.4) is 0 Å². The number of nitrogens with zero attached hydrogens (tertiary/aromatic N) is 1. The second-order valence-electron chi connectivity index (χ2n) is 4.79. The molecule has 0 aromatic heterocycles. The average molecular weight is 235 g/mol. The van der Waals surface area contributed by atoms with Gasteiger partial charge in [0.2, 0.25) is 5.91 Å². The van der Waals surface area contributed by atoms with E-state index in [9.17, 15) is 14.9 Å². The average Bonchev–Trinajstić information content (AvgIpc) is 2.17. The Morgan fingerprint density at radius 3 is 2.71 bits per heavy atom. The van der Waals surface area contributed by atoms with Crippen LogP contribution in [0.4, 0.5) is 17.1 Å². The van der Waals surface area contributed by atoms with E-state index in [-0.39, 0.29) is 22.7 Å². The summed E-state index contributed by atoms with van der Waals surface area (Å²) in [6, 6.07) is 3.04. The molecule has 0 atom stereocenters. The van der Waals surface area contributed by atoms with Crippen LogP contribution in [-0.2, 0) is 10.2 Å². The number of hydrogen-bond donors (Lipinski definition) is 2. The zero-order valence-corrected chi connectivity index (χ0v) is 9.61. The van der Waals surface area contributed by atoms with Crippen molar-refractivity contribution in [3.05, 3.63) is 27.8 Å². The fraction of sp³-hybridized carbons (Fsp3) is 0.364. The number of fused-ring (bicyclic) bond motifs is 1. The summed E-state index contributed by atoms with van der Waals surface area (Å²) in [5, 5.41) is 13.4. The summed E-state index contributed by atoms with van der Waals surface area (Å²) in [4.78, 5) is 21.7. The summed E-state index contributed by atoms with van der Waals surface area (Å²) < 4.78 is 0. The molecule has 1 amide bonds. The third-order valence-corrected chi connectivity index (χ3v) is 3.02. The molecule has 1 heterocycles. The Balaban J connectivity index is 2.67. The number of rotatable bonds is 1. The minimum atomic E-state index is -0.552. The summed E-state index contributed by atoms with van der Waals surface area (Å²) in [5.74, 6) is -0.172. The van der Waals surface area contributed by atoms with Gasteiger partial charge in [-0.05, 0) is 11.6 Å². The van der Waals surface area contributed by atoms with Crippen LogP contribution in [0.1, 0.15) is 25.8 Å². The lowest BCUT2D eigenvalue weighted by molar-refractivity contribution is -0.383. The lowest BCUT2D eigenvalue weighted by Crippen LogP contribution is -2.33. The topological polar surface area (TPSA) is 98.3 Å². The quantitative estimate of drug-likeness (QED) is 0.440. The van der Waals surface area contributed by atoms with Gasteiger partial charge in [-0.3, -0.25) is 14.9 Å². The Labute approximate surface area is 98.0 Å². The van der Waals surface area contributed by atoms with Gasteiger partial charge in [-0.15, -0.1) is 0 Å². The number of anilines is 2. The van der Waals surface area contributed by atoms with E-state index < -0.39 is 4.92 Å². The first-order valence-corrected chi connectivity index (χ1v) is 5.20. The molecule has 0 bridgehead atoms. The third kappa shape index (κ3) is 1.71. The van der Waals surface area contributed by atoms with E-state index in [0.717, 1.165) is 5.56 Å². The van der Waals surface area contributed by atoms with Crippen molar-refractivity contribution in [3.63, 3.8) is 0 Å². The van der Waals surface area contributed by atoms with Crippen molar-refractivity contribution in [1.29, 1.82) is 0 Å². The van der Waals surface area contributed by atoms with E-state index in [4.69, 9.17) is 5.73 Å². The monoisotopic (exact) mass is 235 g/mol. The van der Waals surface area contributed by atoms with Crippen LogP contribution in [0.2, 0.25) is 0 Å². The fourth-order valence-electron chi connectivity index (χ4n) is 2.15. The summed E-state index contributed by atoms with van der Waals surface area (Å²) in [6.07, 6.45) is 0.344. The molecule has 0 aliphatic carbocycles. The van der Waals surface area contributed by atoms with Gasteiger partial charge in [0.15, 0.2) is 0 Å². The number of carbonyl (C=O) groups is 1. The molecule has 0 unspecified atom stereocenters. The van der Waals surface area contributed by atoms with E-state index in [1.165, 1.54) is 6.07 Å². The molecule has 1 aromatic rings. The zero-order valence-electron chi connectivity index (χ0n) is 9.61. The summed E-state index contributed by atoms with van der Waals surface area (Å²) in [7, 11) is 0. The Morgan fingerprint density at radius 1 is 1.47 bits per heavy atom. The van der Waals surface area contributed by atoms with Crippen LogP contribution in [0.25, 0.3) is 0 Å². The highest BCUT2D eigenvalue weighted by molar-refractivity contribution is 6.00. The highest BCUT2D eigenvalue weighted by atomic mass is 16.6. The van der Waals surface area contributed by atoms with E-state index in [1.54, 1.807) is 6.07 Å². The number of hydrogen-bond acceptors (Lipinski definition) is 4. The van der Waals surface area contributed by atoms with Crippen LogP contribution < -0.4 is 11.1 Å². The second kappa shape index (κ2) is 3.44. The van der Waals surface area contributed by atoms with Gasteiger partial charge in [-0.25, -0.2) is 0 Å². The Kier molecular flexibility index (Phi) is 2.30. The van der Waals surface area contributed by atoms with Crippen LogP contribution in [0.15, 0.2) is 12.1 Å². The molecule has 0 saturated heterocycles. The molecular formula is C11H13N3O3. The molecule has 3 N–H and O–H groups in total. The molecule has 6 heteroatoms. The Bertz CT molecular complexity index is 523. The van der Waals surface area contributed by atoms with Gasteiger partial charge in [0.05, 0.1) is 10.6 Å². The van der Waals surface area contributed by atoms with Crippen molar-refractivity contribution < 1.29 is 9.72 Å². The van der Waals surface area contributed by atoms with E-state index >= 15 is 0 Å². The van der Waals surface area contributed by atoms with E-state index in [2.05, 4.69) is 5.32 Å². The van der Waals surface area contributed by atoms with Gasteiger partial charge >= 0.3 is 0 Å². The van der Waals surface area contributed by atoms with Crippen LogP contribution in [0, 0.1) is 10.1 Å². The fourth-order valence-corrected chi connectivity index (χ4v) is 2.15. The van der Waals surface area contributed by atoms with Gasteiger partial charge in [0, 0.05) is 17.9 Å². The molecule has 6 nitrogen and oxygen atoms in total. The number of nitro benzene ring substituents is 1. The molecule has 0 spiro atoms. The maximum atomic E-state index is 11.5. The molecule has 0 radical (unpaired) electrons. The van der Waals surface area contributed by atoms with Gasteiger partial charge in [-0.2, -0.15) is 0 Å². The minimum Gasteiger partial charge on any atom is -0.391 e. The number of nitro groups is 1. The number of nitrogens with two attached hydrogens (primary N) is 1. The van der Waals surface area contributed by atoms with Crippen LogP contribution >= 0.6 is 0 Å². The molecule has 17 heavy (non-hydrogen) atoms. The number of amides is 1. The lowest BCUT2D eigenvalue weighted by atomic mass is 9.77. The highest BCUT2D eigenvalue weighted by Gasteiger charge is 2.35. The van der Waals surface area contributed by atoms with E-state index in [0.29, 0.717) is 12.1 Å². The molecule has 1 aliphatic heterocycles. The van der Waals surface area contributed by atoms with Crippen molar-refractivity contribution >= 4 is 23.0 Å². The molecular weight excluding hydrogens is 222 g/mol. The van der Waals surface area contributed by atoms with Crippen molar-refractivity contribution in [1.82, 2.24) is 0 Å². The molecule has 2 rings (SSSR count). The highest BCUT2D eigenvalue weighted by Crippen LogP contribution is 2.43. The second-order valence-corrected chi connectivity index (χ2v) is 4.79. The van der Waals surface area contributed by atoms with Gasteiger partial charge in [0.1, 0.15) is 5.69 Å². The van der Waals surface area contributed by atoms with Crippen molar-refractivity contribution in [2.75, 3.05) is 11.1 Å². The summed E-state index contributed by atoms with van der Waals surface area (Å²) in [5.41, 5.74) is 6.42. The number of benzene rings is 1. The predicted octanol–water partition coefficient (Wildman–Crippen LogP) is 1.80. The molecule has 0 saturated carbocycles. The number of carbonyl (C=O) groups excluding carboxylic acids is 1. The lowest BCUT2D eigenvalue weighted by Gasteiger charge is -2.32. The minimum absolute atomic E-state index is 0.0219. The molecule has 90 valence electrons. The van der Waals surface area contributed by atoms with Crippen LogP contribution in [-0.4, -0.2) is 10.8 Å². The summed E-state index contributed by atoms with van der Waals surface area (Å²) >= 11 is 0. The smallest absolute Gasteiger partial charge is 0.294 e. The van der Waals surface area contributed by atoms with Gasteiger partial charge < -0.3 is 11.1 Å². The predicted molar refractivity (Wildman–Crippen MR) is 63.8 cm³/mol. The molecule has 0 fully saturated rings. The van der Waals surface area contributed by atoms with Crippen LogP contribution in [0.5, 0.6) is 0 Å². The largest absolute Gasteiger partial charge is 0.391 e. The third-order valence-electron chi connectivity index (χ3n) is 3.02. The first-order valence-electron chi connectivity index (χ1n) is 5.20. The Hall–Kier alpha value is -2.11. The normalized spacial score (nSPS) is 17.2. The van der Waals surface area contributed by atoms with Gasteiger partial charge in [0.25, 0.3) is 5.69 Å². The zero-order chi connectivity index (χ0) is 12.8. The molecule has 1 aliphatic rings. The van der Waals surface area contributed by atoms with Crippen molar-refractivity contribution in [2.45, 2.75) is 25.7 Å². The Morgan fingerprint density at radius 2 is 2.12 bits per heavy atom. The number of nitrogen functional groups attached to an aromatic ring is 1. The first kappa shape index (κ1) is 11.4. The maximum Gasteiger partial charge on any atom is 0.294 e. The first-order chi connectivity index (χ1) is 7.83. The van der Waals surface area contributed by atoms with Gasteiger partial charge in [-0.1, -0.05) is 13.8 Å². The standard InChI is InChI=1S/C11H13N3O3/c1-11(2)5-8(15)13-10-6(11)3-4-7(9(10)12)14(16)17/h3-4H,5,12H2,1-2H3,(H,13,15). The maximum absolute atomic E-state index is 11.5. The summed E-state index contributed by atoms with van der Waals surface area (Å²) in [6.45, 7) is 3.83. The SMILES string of the molecule is CC1(C)CC(=O)Nc2c1ccc([N+](=O)[O-])c2N. The number of nitrogens with one attached hydrogen (secondary N) is 1. The molecule has 1 aromatic carbocycles.